The maximum Gasteiger partial charge on any atom is 0.432 e. The number of nitrogens with one attached hydrogen (secondary N) is 2. The zero-order valence-corrected chi connectivity index (χ0v) is 21.1. The van der Waals surface area contributed by atoms with Crippen LogP contribution in [0.1, 0.15) is 85.0 Å². The van der Waals surface area contributed by atoms with E-state index in [0.29, 0.717) is 17.9 Å². The first-order valence-corrected chi connectivity index (χ1v) is 13.7. The van der Waals surface area contributed by atoms with Gasteiger partial charge >= 0.3 is 6.18 Å². The molecule has 3 nitrogen and oxygen atoms in total. The van der Waals surface area contributed by atoms with E-state index >= 15 is 0 Å². The summed E-state index contributed by atoms with van der Waals surface area (Å²) in [6.07, 6.45) is 9.59. The zero-order valence-electron chi connectivity index (χ0n) is 21.1. The molecule has 0 aromatic heterocycles. The first kappa shape index (κ1) is 25.8. The third kappa shape index (κ3) is 4.84. The van der Waals surface area contributed by atoms with Gasteiger partial charge in [-0.3, -0.25) is 10.2 Å². The van der Waals surface area contributed by atoms with Crippen LogP contribution in [-0.2, 0) is 4.79 Å². The number of hydrogen-bond acceptors (Lipinski definition) is 3. The van der Waals surface area contributed by atoms with Gasteiger partial charge in [0.1, 0.15) is 5.71 Å². The van der Waals surface area contributed by atoms with Crippen molar-refractivity contribution in [2.45, 2.75) is 91.2 Å². The second-order valence-electron chi connectivity index (χ2n) is 12.0. The molecule has 8 atom stereocenters. The van der Waals surface area contributed by atoms with E-state index in [1.165, 1.54) is 51.4 Å². The molecular weight excluding hydrogens is 437 g/mol. The summed E-state index contributed by atoms with van der Waals surface area (Å²) >= 11 is 0. The molecule has 0 aliphatic heterocycles. The number of halogens is 3. The number of Topliss-reactive ketones (excluding diaryl/α,β-unsaturated/α-hetero) is 1. The van der Waals surface area contributed by atoms with Gasteiger partial charge in [-0.05, 0) is 104 Å². The highest BCUT2D eigenvalue weighted by Gasteiger charge is 2.63. The Balaban J connectivity index is 1.49. The predicted octanol–water partition coefficient (Wildman–Crippen LogP) is 7.17. The molecule has 0 spiro atoms. The number of ketones is 1. The molecule has 4 aliphatic carbocycles. The highest BCUT2D eigenvalue weighted by Crippen LogP contribution is 2.68. The summed E-state index contributed by atoms with van der Waals surface area (Å²) in [5, 5.41) is 9.81. The molecule has 0 amide bonds. The lowest BCUT2D eigenvalue weighted by atomic mass is 9.49. The lowest BCUT2D eigenvalue weighted by Gasteiger charge is -2.55. The van der Waals surface area contributed by atoms with E-state index in [4.69, 9.17) is 5.41 Å². The van der Waals surface area contributed by atoms with Crippen molar-refractivity contribution in [3.63, 3.8) is 0 Å². The first-order chi connectivity index (χ1) is 16.1. The van der Waals surface area contributed by atoms with E-state index in [9.17, 15) is 18.0 Å². The zero-order chi connectivity index (χ0) is 24.7. The van der Waals surface area contributed by atoms with Gasteiger partial charge < -0.3 is 5.32 Å². The van der Waals surface area contributed by atoms with Crippen LogP contribution in [0, 0.1) is 58.2 Å². The smallest absolute Gasteiger partial charge is 0.384 e. The van der Waals surface area contributed by atoms with E-state index < -0.39 is 11.9 Å². The van der Waals surface area contributed by atoms with Crippen LogP contribution in [0.3, 0.4) is 0 Å². The molecule has 4 rings (SSSR count). The fraction of sp³-hybridized carbons (Fsp3) is 0.857. The van der Waals surface area contributed by atoms with Crippen molar-refractivity contribution in [2.75, 3.05) is 6.54 Å². The summed E-state index contributed by atoms with van der Waals surface area (Å²) in [6.45, 7) is 7.10. The van der Waals surface area contributed by atoms with Gasteiger partial charge in [-0.2, -0.15) is 13.2 Å². The maximum absolute atomic E-state index is 13.4. The molecule has 0 heterocycles. The molecule has 0 bridgehead atoms. The lowest BCUT2D eigenvalue weighted by molar-refractivity contribution is -0.129. The minimum atomic E-state index is -4.66. The molecule has 0 saturated heterocycles. The van der Waals surface area contributed by atoms with Crippen LogP contribution in [0.25, 0.3) is 0 Å². The van der Waals surface area contributed by atoms with Crippen LogP contribution < -0.4 is 5.32 Å². The van der Waals surface area contributed by atoms with Gasteiger partial charge in [-0.15, -0.1) is 0 Å². The average molecular weight is 481 g/mol. The molecule has 2 N–H and O–H groups in total. The van der Waals surface area contributed by atoms with Crippen molar-refractivity contribution in [1.82, 2.24) is 5.32 Å². The largest absolute Gasteiger partial charge is 0.432 e. The Hall–Kier alpha value is -1.33. The quantitative estimate of drug-likeness (QED) is 0.344. The van der Waals surface area contributed by atoms with Crippen LogP contribution in [0.5, 0.6) is 0 Å². The third-order valence-electron chi connectivity index (χ3n) is 10.3. The predicted molar refractivity (Wildman–Crippen MR) is 129 cm³/mol. The fourth-order valence-electron chi connectivity index (χ4n) is 8.73. The van der Waals surface area contributed by atoms with Crippen molar-refractivity contribution >= 4 is 11.5 Å². The van der Waals surface area contributed by atoms with Gasteiger partial charge in [0, 0.05) is 5.92 Å². The summed E-state index contributed by atoms with van der Waals surface area (Å²) in [5.74, 6) is 5.42. The molecular formula is C28H43F3N2O. The number of rotatable bonds is 9. The lowest BCUT2D eigenvalue weighted by Crippen LogP contribution is -2.50. The van der Waals surface area contributed by atoms with Crippen LogP contribution in [0.15, 0.2) is 12.3 Å². The maximum atomic E-state index is 13.4. The normalized spacial score (nSPS) is 40.1. The van der Waals surface area contributed by atoms with Crippen molar-refractivity contribution < 1.29 is 18.0 Å². The number of hydrogen-bond donors (Lipinski definition) is 2. The second kappa shape index (κ2) is 9.97. The van der Waals surface area contributed by atoms with Crippen molar-refractivity contribution in [1.29, 1.82) is 5.41 Å². The monoisotopic (exact) mass is 480 g/mol. The molecule has 34 heavy (non-hydrogen) atoms. The number of carbonyl (C=O) groups is 1. The number of allylic oxidation sites excluding steroid dienone is 1. The molecule has 192 valence electrons. The van der Waals surface area contributed by atoms with Gasteiger partial charge in [-0.1, -0.05) is 40.0 Å². The third-order valence-corrected chi connectivity index (χ3v) is 10.3. The van der Waals surface area contributed by atoms with Crippen LogP contribution in [0.2, 0.25) is 0 Å². The molecule has 4 aliphatic rings. The second-order valence-corrected chi connectivity index (χ2v) is 12.0. The van der Waals surface area contributed by atoms with Gasteiger partial charge in [0.2, 0.25) is 0 Å². The minimum Gasteiger partial charge on any atom is -0.384 e. The highest BCUT2D eigenvalue weighted by atomic mass is 19.4. The first-order valence-electron chi connectivity index (χ1n) is 13.7. The standard InChI is InChI=1S/C28H43F3N2O/c1-4-6-19-17(5-2)9-10-21-20(19)11-13-27(3)23(15-22(26(21)27)18-7-8-18)24(34)16-33-14-12-25(32)28(29,30)31/h12,14,17-23,26,32-33H,4-11,13,15-16H2,1-3H3/b14-12-,32-25?. The van der Waals surface area contributed by atoms with Gasteiger partial charge in [0.25, 0.3) is 0 Å². The molecule has 0 aromatic carbocycles. The van der Waals surface area contributed by atoms with E-state index in [-0.39, 0.29) is 23.7 Å². The van der Waals surface area contributed by atoms with E-state index in [0.717, 1.165) is 48.6 Å². The van der Waals surface area contributed by atoms with Gasteiger partial charge in [0.05, 0.1) is 6.54 Å². The van der Waals surface area contributed by atoms with Crippen LogP contribution in [-0.4, -0.2) is 24.2 Å². The summed E-state index contributed by atoms with van der Waals surface area (Å²) in [7, 11) is 0. The Morgan fingerprint density at radius 1 is 1.09 bits per heavy atom. The Labute approximate surface area is 203 Å². The average Bonchev–Trinajstić information content (AvgIpc) is 3.58. The summed E-state index contributed by atoms with van der Waals surface area (Å²) in [4.78, 5) is 13.4. The molecule has 4 fully saturated rings. The molecule has 4 saturated carbocycles. The summed E-state index contributed by atoms with van der Waals surface area (Å²) in [5.41, 5.74) is -1.39. The Bertz CT molecular complexity index is 789. The van der Waals surface area contributed by atoms with E-state index in [2.05, 4.69) is 26.1 Å². The Morgan fingerprint density at radius 2 is 1.82 bits per heavy atom. The summed E-state index contributed by atoms with van der Waals surface area (Å²) in [6, 6.07) is 0. The summed E-state index contributed by atoms with van der Waals surface area (Å²) < 4.78 is 37.6. The highest BCUT2D eigenvalue weighted by molar-refractivity contribution is 5.96. The van der Waals surface area contributed by atoms with Crippen LogP contribution in [0.4, 0.5) is 13.2 Å². The van der Waals surface area contributed by atoms with E-state index in [1.54, 1.807) is 0 Å². The Morgan fingerprint density at radius 3 is 2.44 bits per heavy atom. The van der Waals surface area contributed by atoms with E-state index in [1.807, 2.05) is 0 Å². The Kier molecular flexibility index (Phi) is 7.55. The van der Waals surface area contributed by atoms with Crippen molar-refractivity contribution in [3.05, 3.63) is 12.3 Å². The SMILES string of the molecule is CCCC1C(CC)CCC2C1CCC1(C)C(C(=O)CN/C=C\C(=N)C(F)(F)F)CC(C3CC3)C21. The molecule has 6 heteroatoms. The number of alkyl halides is 3. The van der Waals surface area contributed by atoms with Crippen molar-refractivity contribution in [3.8, 4) is 0 Å². The fourth-order valence-corrected chi connectivity index (χ4v) is 8.73. The molecule has 0 aromatic rings. The number of fused-ring (bicyclic) bond motifs is 3. The molecule has 0 radical (unpaired) electrons. The topological polar surface area (TPSA) is 53.0 Å². The number of carbonyl (C=O) groups excluding carboxylic acids is 1. The van der Waals surface area contributed by atoms with Gasteiger partial charge in [-0.25, -0.2) is 0 Å². The minimum absolute atomic E-state index is 0.000501. The van der Waals surface area contributed by atoms with Crippen LogP contribution >= 0.6 is 0 Å². The molecule has 8 unspecified atom stereocenters. The van der Waals surface area contributed by atoms with Crippen molar-refractivity contribution in [2.24, 2.45) is 52.8 Å². The van der Waals surface area contributed by atoms with Gasteiger partial charge in [0.15, 0.2) is 5.78 Å².